The fourth-order valence-corrected chi connectivity index (χ4v) is 11.1. The molecule has 12 rings (SSSR count). The Bertz CT molecular complexity index is 3310. The van der Waals surface area contributed by atoms with Gasteiger partial charge in [0.1, 0.15) is 0 Å². The lowest BCUT2D eigenvalue weighted by atomic mass is 9.55. The zero-order valence-electron chi connectivity index (χ0n) is 35.5. The van der Waals surface area contributed by atoms with E-state index in [1.165, 1.54) is 88.7 Å². The Labute approximate surface area is 370 Å². The van der Waals surface area contributed by atoms with Gasteiger partial charge in [-0.25, -0.2) is 0 Å². The highest BCUT2D eigenvalue weighted by Crippen LogP contribution is 2.62. The van der Waals surface area contributed by atoms with Crippen LogP contribution in [0.25, 0.3) is 55.3 Å². The number of benzene rings is 10. The third-order valence-corrected chi connectivity index (χ3v) is 14.0. The van der Waals surface area contributed by atoms with E-state index >= 15 is 0 Å². The summed E-state index contributed by atoms with van der Waals surface area (Å²) in [6.45, 7) is 4.78. The molecule has 0 unspecified atom stereocenters. The molecule has 1 nitrogen and oxygen atoms in total. The molecule has 0 aromatic heterocycles. The van der Waals surface area contributed by atoms with Gasteiger partial charge in [-0.3, -0.25) is 0 Å². The molecule has 0 saturated carbocycles. The van der Waals surface area contributed by atoms with Crippen LogP contribution in [0.5, 0.6) is 0 Å². The molecular weight excluding hydrogens is 759 g/mol. The molecule has 0 fully saturated rings. The number of anilines is 3. The van der Waals surface area contributed by atoms with Crippen molar-refractivity contribution < 1.29 is 0 Å². The summed E-state index contributed by atoms with van der Waals surface area (Å²) >= 11 is 0. The van der Waals surface area contributed by atoms with Crippen LogP contribution in [0.15, 0.2) is 237 Å². The van der Waals surface area contributed by atoms with E-state index in [4.69, 9.17) is 0 Å². The van der Waals surface area contributed by atoms with E-state index in [9.17, 15) is 0 Å². The van der Waals surface area contributed by atoms with Gasteiger partial charge in [0, 0.05) is 22.1 Å². The topological polar surface area (TPSA) is 3.24 Å². The molecule has 0 amide bonds. The molecule has 2 aliphatic carbocycles. The minimum atomic E-state index is -0.454. The molecular formula is C62H45N. The molecule has 0 aliphatic heterocycles. The first-order valence-corrected chi connectivity index (χ1v) is 22.1. The van der Waals surface area contributed by atoms with Crippen LogP contribution in [0.1, 0.15) is 47.2 Å². The number of hydrogen-bond donors (Lipinski definition) is 0. The van der Waals surface area contributed by atoms with Gasteiger partial charge in [-0.05, 0) is 108 Å². The Kier molecular flexibility index (Phi) is 8.49. The van der Waals surface area contributed by atoms with Gasteiger partial charge < -0.3 is 4.90 Å². The third kappa shape index (κ3) is 5.56. The summed E-state index contributed by atoms with van der Waals surface area (Å²) in [5.41, 5.74) is 20.8. The van der Waals surface area contributed by atoms with E-state index in [-0.39, 0.29) is 5.41 Å². The molecule has 10 aromatic rings. The highest BCUT2D eigenvalue weighted by Gasteiger charge is 2.53. The van der Waals surface area contributed by atoms with Gasteiger partial charge in [-0.1, -0.05) is 220 Å². The Morgan fingerprint density at radius 1 is 0.286 bits per heavy atom. The monoisotopic (exact) mass is 803 g/mol. The molecule has 10 aromatic carbocycles. The summed E-state index contributed by atoms with van der Waals surface area (Å²) < 4.78 is 0. The Morgan fingerprint density at radius 3 is 1.44 bits per heavy atom. The Morgan fingerprint density at radius 2 is 0.762 bits per heavy atom. The van der Waals surface area contributed by atoms with Crippen molar-refractivity contribution in [2.45, 2.75) is 24.7 Å². The van der Waals surface area contributed by atoms with Crippen LogP contribution in [0.4, 0.5) is 17.1 Å². The quantitative estimate of drug-likeness (QED) is 0.162. The summed E-state index contributed by atoms with van der Waals surface area (Å²) in [6, 6.07) is 87.7. The van der Waals surface area contributed by atoms with Crippen molar-refractivity contribution in [3.05, 3.63) is 270 Å². The summed E-state index contributed by atoms with van der Waals surface area (Å²) in [6.07, 6.45) is 0. The van der Waals surface area contributed by atoms with E-state index in [0.717, 1.165) is 17.1 Å². The standard InChI is InChI=1S/C62H45N/c1-61(2)54-28-14-16-30-56(54)62(57-31-17-15-29-55(57)61)53-27-13-11-25-50(53)51-38-35-45(41-58(51)62)47-39-40-60(52-26-10-9-24-49(47)52)63(46-36-33-43(34-37-46)42-19-5-3-6-20-42)59-32-18-12-23-48(59)44-21-7-4-8-22-44/h3-41H,1-2H3. The molecule has 2 aliphatic rings. The lowest BCUT2D eigenvalue weighted by Gasteiger charge is -2.46. The molecule has 0 bridgehead atoms. The Balaban J connectivity index is 1.08. The first kappa shape index (κ1) is 37.1. The molecule has 0 radical (unpaired) electrons. The first-order valence-electron chi connectivity index (χ1n) is 22.1. The van der Waals surface area contributed by atoms with E-state index in [1.54, 1.807) is 0 Å². The number of rotatable bonds is 6. The Hall–Kier alpha value is -7.74. The number of nitrogens with zero attached hydrogens (tertiary/aromatic N) is 1. The lowest BCUT2D eigenvalue weighted by molar-refractivity contribution is 0.563. The van der Waals surface area contributed by atoms with Crippen LogP contribution < -0.4 is 4.90 Å². The summed E-state index contributed by atoms with van der Waals surface area (Å²) in [7, 11) is 0. The molecule has 1 heteroatoms. The van der Waals surface area contributed by atoms with E-state index in [1.807, 2.05) is 0 Å². The van der Waals surface area contributed by atoms with Gasteiger partial charge in [0.15, 0.2) is 0 Å². The van der Waals surface area contributed by atoms with Gasteiger partial charge in [-0.2, -0.15) is 0 Å². The molecule has 0 atom stereocenters. The molecule has 0 heterocycles. The largest absolute Gasteiger partial charge is 0.309 e. The minimum absolute atomic E-state index is 0.146. The number of fused-ring (bicyclic) bond motifs is 10. The molecule has 1 spiro atoms. The predicted molar refractivity (Wildman–Crippen MR) is 264 cm³/mol. The maximum absolute atomic E-state index is 2.52. The average molecular weight is 804 g/mol. The van der Waals surface area contributed by atoms with Crippen LogP contribution in [-0.2, 0) is 10.8 Å². The number of para-hydroxylation sites is 1. The molecule has 298 valence electrons. The van der Waals surface area contributed by atoms with Crippen LogP contribution in [0, 0.1) is 0 Å². The van der Waals surface area contributed by atoms with Crippen LogP contribution in [-0.4, -0.2) is 0 Å². The average Bonchev–Trinajstić information content (AvgIpc) is 3.64. The predicted octanol–water partition coefficient (Wildman–Crippen LogP) is 16.3. The summed E-state index contributed by atoms with van der Waals surface area (Å²) in [5, 5.41) is 2.41. The van der Waals surface area contributed by atoms with Gasteiger partial charge in [-0.15, -0.1) is 0 Å². The normalized spacial score (nSPS) is 13.8. The first-order chi connectivity index (χ1) is 31.0. The van der Waals surface area contributed by atoms with Gasteiger partial charge >= 0.3 is 0 Å². The molecule has 0 N–H and O–H groups in total. The van der Waals surface area contributed by atoms with Crippen molar-refractivity contribution in [3.63, 3.8) is 0 Å². The summed E-state index contributed by atoms with van der Waals surface area (Å²) in [5.74, 6) is 0. The van der Waals surface area contributed by atoms with E-state index in [2.05, 4.69) is 255 Å². The number of hydrogen-bond acceptors (Lipinski definition) is 1. The van der Waals surface area contributed by atoms with Crippen molar-refractivity contribution in [2.75, 3.05) is 4.90 Å². The zero-order chi connectivity index (χ0) is 42.1. The van der Waals surface area contributed by atoms with Crippen molar-refractivity contribution in [1.82, 2.24) is 0 Å². The second-order valence-electron chi connectivity index (χ2n) is 17.6. The van der Waals surface area contributed by atoms with E-state index in [0.29, 0.717) is 0 Å². The van der Waals surface area contributed by atoms with Crippen molar-refractivity contribution in [1.29, 1.82) is 0 Å². The van der Waals surface area contributed by atoms with Crippen LogP contribution in [0.3, 0.4) is 0 Å². The second-order valence-corrected chi connectivity index (χ2v) is 17.6. The van der Waals surface area contributed by atoms with Crippen molar-refractivity contribution >= 4 is 27.8 Å². The summed E-state index contributed by atoms with van der Waals surface area (Å²) in [4.78, 5) is 2.45. The molecule has 63 heavy (non-hydrogen) atoms. The second kappa shape index (κ2) is 14.4. The zero-order valence-corrected chi connectivity index (χ0v) is 35.5. The highest BCUT2D eigenvalue weighted by atomic mass is 15.1. The fraction of sp³-hybridized carbons (Fsp3) is 0.0645. The van der Waals surface area contributed by atoms with Crippen molar-refractivity contribution in [3.8, 4) is 44.5 Å². The van der Waals surface area contributed by atoms with Crippen molar-refractivity contribution in [2.24, 2.45) is 0 Å². The highest BCUT2D eigenvalue weighted by molar-refractivity contribution is 6.07. The minimum Gasteiger partial charge on any atom is -0.309 e. The van der Waals surface area contributed by atoms with Gasteiger partial charge in [0.05, 0.1) is 16.8 Å². The SMILES string of the molecule is CC1(C)c2ccccc2C2(c3ccccc3-c3ccc(-c4ccc(N(c5ccc(-c6ccccc6)cc5)c5ccccc5-c5ccccc5)c5ccccc45)cc32)c2ccccc21. The van der Waals surface area contributed by atoms with Gasteiger partial charge in [0.2, 0.25) is 0 Å². The maximum atomic E-state index is 2.52. The molecule has 0 saturated heterocycles. The fourth-order valence-electron chi connectivity index (χ4n) is 11.1. The van der Waals surface area contributed by atoms with E-state index < -0.39 is 5.41 Å². The maximum Gasteiger partial charge on any atom is 0.0719 e. The van der Waals surface area contributed by atoms with Crippen LogP contribution >= 0.6 is 0 Å². The third-order valence-electron chi connectivity index (χ3n) is 14.0. The smallest absolute Gasteiger partial charge is 0.0719 e. The van der Waals surface area contributed by atoms with Crippen LogP contribution in [0.2, 0.25) is 0 Å². The lowest BCUT2D eigenvalue weighted by Crippen LogP contribution is -2.40. The van der Waals surface area contributed by atoms with Gasteiger partial charge in [0.25, 0.3) is 0 Å².